The summed E-state index contributed by atoms with van der Waals surface area (Å²) in [6, 6.07) is -23.8. The summed E-state index contributed by atoms with van der Waals surface area (Å²) in [5.74, 6) is -23.1. The van der Waals surface area contributed by atoms with Gasteiger partial charge in [-0.15, -0.1) is 0 Å². The van der Waals surface area contributed by atoms with E-state index in [1.807, 2.05) is 0 Å². The second-order valence-electron chi connectivity index (χ2n) is 37.4. The van der Waals surface area contributed by atoms with Crippen molar-refractivity contribution in [1.82, 2.24) is 111 Å². The normalized spacial score (nSPS) is 17.0. The smallest absolute Gasteiger partial charge is 0.326 e. The van der Waals surface area contributed by atoms with E-state index in [-0.39, 0.29) is 140 Å². The molecule has 0 saturated heterocycles. The molecule has 34 N–H and O–H groups in total. The maximum Gasteiger partial charge on any atom is 0.326 e. The number of thioether (sulfide) groups is 1. The topological polar surface area (TPSA) is 828 Å². The Morgan fingerprint density at radius 2 is 0.917 bits per heavy atom. The molecule has 18 atom stereocenters. The molecule has 1 aromatic heterocycles. The molecule has 2 rings (SSSR count). The number of primary amides is 1. The third-order valence-corrected chi connectivity index (χ3v) is 24.2. The Bertz CT molecular complexity index is 4430. The van der Waals surface area contributed by atoms with Crippen LogP contribution in [0.4, 0.5) is 0 Å². The number of nitrogens with one attached hydrogen (secondary N) is 21. The Labute approximate surface area is 844 Å². The molecule has 1 aromatic rings. The molecule has 2 heterocycles. The highest BCUT2D eigenvalue weighted by Gasteiger charge is 2.42. The number of unbranched alkanes of at least 4 members (excludes halogenated alkanes) is 2. The zero-order chi connectivity index (χ0) is 109. The number of imidazole rings is 1. The number of carboxylic acid groups (broad SMARTS) is 2. The second kappa shape index (κ2) is 67.6. The number of carbonyl (C=O) groups is 20. The molecule has 812 valence electrons. The minimum atomic E-state index is -1.77. The predicted molar refractivity (Wildman–Crippen MR) is 534 cm³/mol. The van der Waals surface area contributed by atoms with Gasteiger partial charge in [-0.25, -0.2) is 9.78 Å². The first kappa shape index (κ1) is 127. The lowest BCUT2D eigenvalue weighted by Crippen LogP contribution is -2.62. The molecule has 144 heavy (non-hydrogen) atoms. The van der Waals surface area contributed by atoms with Gasteiger partial charge < -0.3 is 150 Å². The van der Waals surface area contributed by atoms with E-state index < -0.39 is 283 Å². The number of aliphatic hydroxyl groups is 1. The molecule has 0 fully saturated rings. The molecular weight excluding hydrogens is 1900 g/mol. The number of H-pyrrole nitrogens is 1. The van der Waals surface area contributed by atoms with Crippen LogP contribution in [0.5, 0.6) is 0 Å². The highest BCUT2D eigenvalue weighted by Crippen LogP contribution is 2.20. The van der Waals surface area contributed by atoms with Gasteiger partial charge in [0.05, 0.1) is 25.9 Å². The van der Waals surface area contributed by atoms with E-state index in [2.05, 4.69) is 106 Å². The van der Waals surface area contributed by atoms with Crippen LogP contribution in [0.1, 0.15) is 224 Å². The van der Waals surface area contributed by atoms with E-state index in [0.29, 0.717) is 31.4 Å². The number of carbonyl (C=O) groups excluding carboxylic acids is 18. The van der Waals surface area contributed by atoms with Crippen molar-refractivity contribution < 1.29 is 111 Å². The van der Waals surface area contributed by atoms with Gasteiger partial charge in [0.25, 0.3) is 0 Å². The number of hydrogen-bond acceptors (Lipinski definition) is 27. The van der Waals surface area contributed by atoms with Gasteiger partial charge in [-0.1, -0.05) is 108 Å². The first-order valence-corrected chi connectivity index (χ1v) is 50.4. The first-order valence-electron chi connectivity index (χ1n) is 49.0. The van der Waals surface area contributed by atoms with Crippen molar-refractivity contribution >= 4 is 142 Å². The average molecular weight is 2060 g/mol. The average Bonchev–Trinajstić information content (AvgIpc) is 1.30. The van der Waals surface area contributed by atoms with Gasteiger partial charge in [0, 0.05) is 50.8 Å². The molecular formula is C92H160N28O23S. The lowest BCUT2D eigenvalue weighted by Gasteiger charge is -2.31. The summed E-state index contributed by atoms with van der Waals surface area (Å²) in [7, 11) is 0. The number of carboxylic acids is 2. The lowest BCUT2D eigenvalue weighted by atomic mass is 9.96. The highest BCUT2D eigenvalue weighted by molar-refractivity contribution is 7.98. The zero-order valence-corrected chi connectivity index (χ0v) is 86.0. The quantitative estimate of drug-likeness (QED) is 0.0125. The van der Waals surface area contributed by atoms with Gasteiger partial charge in [0.15, 0.2) is 11.9 Å². The number of rotatable bonds is 67. The monoisotopic (exact) mass is 2060 g/mol. The minimum Gasteiger partial charge on any atom is -0.481 e. The number of aliphatic carboxylic acids is 2. The molecule has 0 spiro atoms. The van der Waals surface area contributed by atoms with Crippen LogP contribution in [0.15, 0.2) is 24.7 Å². The number of nitrogens with two attached hydrogens (primary N) is 5. The first-order chi connectivity index (χ1) is 67.9. The molecule has 52 heteroatoms. The van der Waals surface area contributed by atoms with E-state index in [4.69, 9.17) is 39.5 Å². The largest absolute Gasteiger partial charge is 0.481 e. The number of hydrogen-bond donors (Lipinski definition) is 29. The van der Waals surface area contributed by atoms with Gasteiger partial charge in [-0.2, -0.15) is 11.8 Å². The van der Waals surface area contributed by atoms with Gasteiger partial charge >= 0.3 is 11.9 Å². The molecule has 1 aliphatic rings. The fourth-order valence-electron chi connectivity index (χ4n) is 14.9. The summed E-state index contributed by atoms with van der Waals surface area (Å²) in [5.41, 5.74) is 28.7. The fraction of sp³-hybridized carbons (Fsp3) is 0.707. The fourth-order valence-corrected chi connectivity index (χ4v) is 15.4. The molecule has 0 bridgehead atoms. The summed E-state index contributed by atoms with van der Waals surface area (Å²) in [6.07, 6.45) is 6.71. The summed E-state index contributed by atoms with van der Waals surface area (Å²) in [6.45, 7) is 19.4. The third kappa shape index (κ3) is 48.5. The van der Waals surface area contributed by atoms with E-state index in [1.165, 1.54) is 57.2 Å². The van der Waals surface area contributed by atoms with Crippen LogP contribution in [-0.2, 0) is 102 Å². The Morgan fingerprint density at radius 1 is 0.493 bits per heavy atom. The molecule has 0 unspecified atom stereocenters. The third-order valence-electron chi connectivity index (χ3n) is 23.6. The van der Waals surface area contributed by atoms with Crippen molar-refractivity contribution in [3.8, 4) is 0 Å². The number of guanidine groups is 2. The zero-order valence-electron chi connectivity index (χ0n) is 85.2. The second-order valence-corrected chi connectivity index (χ2v) is 38.4. The number of aromatic nitrogens is 2. The van der Waals surface area contributed by atoms with Crippen LogP contribution in [-0.4, -0.2) is 315 Å². The van der Waals surface area contributed by atoms with Crippen LogP contribution in [0.2, 0.25) is 0 Å². The van der Waals surface area contributed by atoms with Crippen LogP contribution in [0.25, 0.3) is 0 Å². The molecule has 0 aromatic carbocycles. The molecule has 1 aliphatic heterocycles. The maximum atomic E-state index is 14.9. The van der Waals surface area contributed by atoms with Crippen molar-refractivity contribution in [2.24, 2.45) is 64.2 Å². The van der Waals surface area contributed by atoms with Crippen LogP contribution < -0.4 is 124 Å². The van der Waals surface area contributed by atoms with Crippen molar-refractivity contribution in [3.05, 3.63) is 30.4 Å². The van der Waals surface area contributed by atoms with Crippen LogP contribution in [0.3, 0.4) is 0 Å². The van der Waals surface area contributed by atoms with E-state index in [1.54, 1.807) is 75.5 Å². The SMILES string of the molecule is CC[C@H](C)[C@H](NC(=O)[C@H](Cc1cnc[nH]1)NC(=O)[C@H](C)NC(=O)[C@H](CCC(N)=O)NC(=O)[C@@H](NC(=O)[C@H](CCCNC(=N)N)NC(=O)[C@H](CC(C)C)NC(=O)[C@H](CC(C)C)NC(=O)[C@H](CO)NC(=O)CN1C/C=C/CCC(=O)N[C@@H](CC(=O)O)C(=O)N[C@@H]([C@@H](C)CC)C1=O)C(C)C)C(=O)N[C@@H](CCCNC(=N)N)C(=O)N[C@@H](CCCCN)C(=O)N[C@@H](CCCCN)C(=O)N[C@@H](CCSC)C(=O)N[C@H](C(=O)O)C(C)C. The van der Waals surface area contributed by atoms with Crippen molar-refractivity contribution in [3.63, 3.8) is 0 Å². The summed E-state index contributed by atoms with van der Waals surface area (Å²) in [4.78, 5) is 288. The Balaban J connectivity index is 2.58. The summed E-state index contributed by atoms with van der Waals surface area (Å²) >= 11 is 1.37. The Hall–Kier alpha value is -12.9. The van der Waals surface area contributed by atoms with Gasteiger partial charge in [0.1, 0.15) is 96.7 Å². The van der Waals surface area contributed by atoms with E-state index in [0.717, 1.165) is 4.90 Å². The lowest BCUT2D eigenvalue weighted by molar-refractivity contribution is -0.144. The number of nitrogens with zero attached hydrogens (tertiary/aromatic N) is 2. The molecule has 51 nitrogen and oxygen atoms in total. The van der Waals surface area contributed by atoms with Gasteiger partial charge in [-0.3, -0.25) is 102 Å². The Kier molecular flexibility index (Phi) is 59.7. The molecule has 18 amide bonds. The standard InChI is InChI=1S/C92H160N28O23S/c1-15-52(11)73(88(140)111-58(28-24-36-101-91(96)97)79(131)108-56(26-19-21-34-93)77(129)107-57(27-20-22-35-94)78(130)110-61(33-39-144-14)81(133)117-72(51(9)10)90(142)143)118-84(136)64(42-55-44-100-47-103-55)113-75(127)54(13)104-76(128)60(31-32-67(95)122)112-87(139)71(50(7)8)116-80(132)59(29-25-37-102-92(98)99)109-82(134)62(40-48(3)4)114-83(135)63(41-49(5)6)115-86(138)66(46-121)106-69(124)45-120-38-23-17-18-30-68(123)105-65(43-70(125)126)85(137)119-74(89(120)141)53(12)16-2/h17,23,44,47-54,56-66,71-74,121H,15-16,18-22,24-43,45-46,93-94H2,1-14H3,(H2,95,122)(H,100,103)(H,104,128)(H,105,123)(H,106,124)(H,107,129)(H,108,131)(H,109,134)(H,110,130)(H,111,140)(H,112,139)(H,113,127)(H,114,135)(H,115,138)(H,116,132)(H,117,133)(H,118,136)(H,119,137)(H,125,126)(H,142,143)(H4,96,97,101)(H4,98,99,102)/b23-17+/t52-,53-,54-,56-,57-,58-,59-,60-,61-,62-,63-,64-,65-,66-,71-,72-,73-,74-/m0/s1. The van der Waals surface area contributed by atoms with Gasteiger partial charge in [-0.05, 0) is 164 Å². The number of aliphatic hydroxyl groups excluding tert-OH is 1. The summed E-state index contributed by atoms with van der Waals surface area (Å²) < 4.78 is 0. The molecule has 0 aliphatic carbocycles. The number of amides is 18. The Morgan fingerprint density at radius 3 is 1.35 bits per heavy atom. The van der Waals surface area contributed by atoms with E-state index >= 15 is 0 Å². The van der Waals surface area contributed by atoms with Crippen LogP contribution in [0, 0.1) is 46.3 Å². The van der Waals surface area contributed by atoms with Crippen molar-refractivity contribution in [2.45, 2.75) is 322 Å². The predicted octanol–water partition coefficient (Wildman–Crippen LogP) is -5.24. The van der Waals surface area contributed by atoms with Crippen LogP contribution >= 0.6 is 11.8 Å². The minimum absolute atomic E-state index is 0.0127. The molecule has 0 radical (unpaired) electrons. The summed E-state index contributed by atoms with van der Waals surface area (Å²) in [5, 5.41) is 92.2. The maximum absolute atomic E-state index is 14.9. The van der Waals surface area contributed by atoms with Crippen molar-refractivity contribution in [2.75, 3.05) is 57.9 Å². The van der Waals surface area contributed by atoms with Gasteiger partial charge in [0.2, 0.25) is 106 Å². The van der Waals surface area contributed by atoms with E-state index in [9.17, 15) is 111 Å². The number of allylic oxidation sites excluding steroid dienone is 1. The molecule has 0 saturated carbocycles. The number of aromatic amines is 1. The van der Waals surface area contributed by atoms with Crippen molar-refractivity contribution in [1.29, 1.82) is 10.8 Å². The highest BCUT2D eigenvalue weighted by atomic mass is 32.2.